The van der Waals surface area contributed by atoms with Crippen molar-refractivity contribution in [2.45, 2.75) is 119 Å². The smallest absolute Gasteiger partial charge is 0.302 e. The number of hydrogen-bond donors (Lipinski definition) is 3. The molecule has 0 aromatic heterocycles. The molecule has 5 aliphatic rings. The van der Waals surface area contributed by atoms with E-state index in [1.807, 2.05) is 13.0 Å². The Hall–Kier alpha value is -2.55. The number of amides is 1. The summed E-state index contributed by atoms with van der Waals surface area (Å²) in [5.41, 5.74) is 0.472. The fourth-order valence-electron chi connectivity index (χ4n) is 11.8. The van der Waals surface area contributed by atoms with Gasteiger partial charge in [-0.15, -0.1) is 0 Å². The maximum atomic E-state index is 14.7. The van der Waals surface area contributed by atoms with Crippen LogP contribution in [0.4, 0.5) is 11.4 Å². The van der Waals surface area contributed by atoms with Gasteiger partial charge in [0.15, 0.2) is 11.5 Å². The molecule has 1 aromatic carbocycles. The highest BCUT2D eigenvalue weighted by Gasteiger charge is 2.70. The minimum Gasteiger partial charge on any atom is -0.595 e. The summed E-state index contributed by atoms with van der Waals surface area (Å²) < 4.78 is 5.86. The zero-order valence-electron chi connectivity index (χ0n) is 29.0. The molecule has 1 unspecified atom stereocenters. The Bertz CT molecular complexity index is 1480. The van der Waals surface area contributed by atoms with E-state index in [0.29, 0.717) is 12.1 Å². The van der Waals surface area contributed by atoms with Gasteiger partial charge in [-0.3, -0.25) is 14.4 Å². The molecule has 1 aromatic rings. The minimum atomic E-state index is -1.03. The fraction of sp³-hybridized carbons (Fsp3) is 0.711. The van der Waals surface area contributed by atoms with Crippen LogP contribution in [0.3, 0.4) is 0 Å². The first-order valence-corrected chi connectivity index (χ1v) is 17.4. The van der Waals surface area contributed by atoms with Gasteiger partial charge in [0.1, 0.15) is 6.10 Å². The zero-order chi connectivity index (χ0) is 33.7. The van der Waals surface area contributed by atoms with Gasteiger partial charge in [-0.2, -0.15) is 5.23 Å². The van der Waals surface area contributed by atoms with Crippen LogP contribution in [-0.4, -0.2) is 29.0 Å². The summed E-state index contributed by atoms with van der Waals surface area (Å²) in [6.07, 6.45) is 9.93. The number of anilines is 1. The third-order valence-electron chi connectivity index (χ3n) is 14.7. The largest absolute Gasteiger partial charge is 0.595 e. The van der Waals surface area contributed by atoms with Crippen molar-refractivity contribution in [3.05, 3.63) is 41.1 Å². The maximum absolute atomic E-state index is 14.7. The van der Waals surface area contributed by atoms with Crippen molar-refractivity contribution in [3.63, 3.8) is 0 Å². The Labute approximate surface area is 274 Å². The molecule has 8 nitrogen and oxygen atoms in total. The molecule has 4 saturated carbocycles. The predicted molar refractivity (Wildman–Crippen MR) is 176 cm³/mol. The summed E-state index contributed by atoms with van der Waals surface area (Å²) in [5.74, 6) is 0.210. The summed E-state index contributed by atoms with van der Waals surface area (Å²) in [4.78, 5) is 40.6. The average Bonchev–Trinajstić information content (AvgIpc) is 2.96. The van der Waals surface area contributed by atoms with Gasteiger partial charge in [0.25, 0.3) is 0 Å². The van der Waals surface area contributed by atoms with Crippen molar-refractivity contribution in [2.75, 3.05) is 5.32 Å². The lowest BCUT2D eigenvalue weighted by Gasteiger charge is -2.70. The summed E-state index contributed by atoms with van der Waals surface area (Å²) in [5, 5.41) is 23.0. The molecule has 10 atom stereocenters. The van der Waals surface area contributed by atoms with Gasteiger partial charge in [-0.05, 0) is 103 Å². The van der Waals surface area contributed by atoms with Gasteiger partial charge in [0.05, 0.1) is 0 Å². The summed E-state index contributed by atoms with van der Waals surface area (Å²) >= 11 is 0. The molecule has 4 fully saturated rings. The zero-order valence-corrected chi connectivity index (χ0v) is 29.0. The molecule has 8 heteroatoms. The number of ether oxygens (including phenoxy) is 1. The van der Waals surface area contributed by atoms with Gasteiger partial charge in [-0.25, -0.2) is 5.21 Å². The molecule has 3 N–H and O–H groups in total. The number of carbonyl (C=O) groups is 3. The molecular weight excluding hydrogens is 580 g/mol. The molecule has 0 bridgehead atoms. The van der Waals surface area contributed by atoms with Gasteiger partial charge < -0.3 is 15.3 Å². The first-order chi connectivity index (χ1) is 21.3. The van der Waals surface area contributed by atoms with E-state index in [-0.39, 0.29) is 74.3 Å². The molecule has 0 aliphatic heterocycles. The first kappa shape index (κ1) is 33.4. The fourth-order valence-corrected chi connectivity index (χ4v) is 11.8. The Balaban J connectivity index is 1.33. The van der Waals surface area contributed by atoms with Crippen LogP contribution in [-0.2, 0) is 19.1 Å². The molecule has 6 rings (SSSR count). The van der Waals surface area contributed by atoms with Gasteiger partial charge >= 0.3 is 5.97 Å². The summed E-state index contributed by atoms with van der Waals surface area (Å²) in [6, 6.07) is 6.42. The first-order valence-electron chi connectivity index (χ1n) is 17.4. The average molecular weight is 635 g/mol. The maximum Gasteiger partial charge on any atom is 0.302 e. The Morgan fingerprint density at radius 1 is 0.978 bits per heavy atom. The Morgan fingerprint density at radius 2 is 1.67 bits per heavy atom. The Kier molecular flexibility index (Phi) is 7.78. The quantitative estimate of drug-likeness (QED) is 0.244. The number of esters is 1. The van der Waals surface area contributed by atoms with Crippen LogP contribution in [0.2, 0.25) is 0 Å². The number of allylic oxidation sites excluding steroid dienone is 2. The second-order valence-electron chi connectivity index (χ2n) is 17.6. The molecule has 1 amide bonds. The van der Waals surface area contributed by atoms with Crippen LogP contribution >= 0.6 is 0 Å². The van der Waals surface area contributed by atoms with Crippen LogP contribution in [0.15, 0.2) is 35.9 Å². The second kappa shape index (κ2) is 10.7. The summed E-state index contributed by atoms with van der Waals surface area (Å²) in [7, 11) is 0. The lowest BCUT2D eigenvalue weighted by molar-refractivity contribution is -0.991. The Morgan fingerprint density at radius 3 is 2.35 bits per heavy atom. The monoisotopic (exact) mass is 634 g/mol. The number of hydrogen-bond acceptors (Lipinski definition) is 6. The molecule has 252 valence electrons. The number of nitrogens with one attached hydrogen (secondary N) is 2. The van der Waals surface area contributed by atoms with Crippen molar-refractivity contribution in [3.8, 4) is 0 Å². The van der Waals surface area contributed by atoms with Gasteiger partial charge in [0.2, 0.25) is 5.91 Å². The van der Waals surface area contributed by atoms with Crippen molar-refractivity contribution in [1.29, 1.82) is 0 Å². The molecule has 0 spiro atoms. The van der Waals surface area contributed by atoms with E-state index in [2.05, 4.69) is 46.9 Å². The highest BCUT2D eigenvalue weighted by molar-refractivity contribution is 5.97. The SMILES string of the molecule is CC(=O)O[C@@H]1CC[C@]2(C)[C@H](CC[C@]3(C)[C@@H]2C(=O)C=C2[C@@H]4C[C@](C)(C(=O)Nc5cccc([NH+]([O-])O)c5)CC[C@@]4(C)CC[C@]23C)C1(C)C. The minimum absolute atomic E-state index is 0.0169. The summed E-state index contributed by atoms with van der Waals surface area (Å²) in [6.45, 7) is 17.5. The van der Waals surface area contributed by atoms with E-state index in [4.69, 9.17) is 4.74 Å². The van der Waals surface area contributed by atoms with E-state index in [9.17, 15) is 24.8 Å². The normalized spacial score (nSPS) is 43.5. The molecule has 0 heterocycles. The van der Waals surface area contributed by atoms with E-state index in [1.54, 1.807) is 12.1 Å². The van der Waals surface area contributed by atoms with Crippen molar-refractivity contribution < 1.29 is 29.6 Å². The molecule has 5 aliphatic carbocycles. The lowest BCUT2D eigenvalue weighted by atomic mass is 9.33. The predicted octanol–water partition coefficient (Wildman–Crippen LogP) is 6.94. The number of carbonyl (C=O) groups excluding carboxylic acids is 3. The van der Waals surface area contributed by atoms with E-state index < -0.39 is 10.6 Å². The van der Waals surface area contributed by atoms with Crippen LogP contribution < -0.4 is 10.5 Å². The number of fused-ring (bicyclic) bond motifs is 7. The molecule has 46 heavy (non-hydrogen) atoms. The number of quaternary nitrogens is 1. The van der Waals surface area contributed by atoms with Crippen LogP contribution in [0.5, 0.6) is 0 Å². The van der Waals surface area contributed by atoms with Crippen molar-refractivity contribution in [2.24, 2.45) is 50.2 Å². The van der Waals surface area contributed by atoms with Crippen LogP contribution in [0.25, 0.3) is 0 Å². The topological polar surface area (TPSA) is 120 Å². The molecule has 0 radical (unpaired) electrons. The molecule has 0 saturated heterocycles. The number of rotatable bonds is 4. The highest BCUT2D eigenvalue weighted by atomic mass is 16.8. The van der Waals surface area contributed by atoms with Crippen molar-refractivity contribution in [1.82, 2.24) is 0 Å². The van der Waals surface area contributed by atoms with Gasteiger partial charge in [-0.1, -0.05) is 60.1 Å². The van der Waals surface area contributed by atoms with Crippen LogP contribution in [0.1, 0.15) is 113 Å². The van der Waals surface area contributed by atoms with E-state index >= 15 is 0 Å². The van der Waals surface area contributed by atoms with Crippen LogP contribution in [0, 0.1) is 55.5 Å². The number of ketones is 1. The highest BCUT2D eigenvalue weighted by Crippen LogP contribution is 2.75. The standard InChI is InChI=1S/C38H54N2O6/c1-23(41)46-30-13-14-36(6)29(33(30,2)3)12-15-38(8)31(36)28(42)21-26-27-22-35(5,17-16-34(27,4)18-19-37(26,38)7)32(43)39-24-10-9-11-25(20-24)40(44)45/h9-11,20-21,27,29-31,40,44H,12-19,22H2,1-8H3,(H,39,43)/t27-,29+,30+,31+,34-,35+,36+,37+,38+/m0/s1. The van der Waals surface area contributed by atoms with Crippen molar-refractivity contribution >= 4 is 29.0 Å². The molecular formula is C38H54N2O6. The lowest BCUT2D eigenvalue weighted by Crippen LogP contribution is -2.99. The van der Waals surface area contributed by atoms with E-state index in [1.165, 1.54) is 24.6 Å². The van der Waals surface area contributed by atoms with E-state index in [0.717, 1.165) is 51.4 Å². The second-order valence-corrected chi connectivity index (χ2v) is 17.6. The number of benzene rings is 1. The third-order valence-corrected chi connectivity index (χ3v) is 14.7. The van der Waals surface area contributed by atoms with Gasteiger partial charge in [0, 0.05) is 41.5 Å². The third kappa shape index (κ3) is 4.75.